The Morgan fingerprint density at radius 1 is 1.44 bits per heavy atom. The Morgan fingerprint density at radius 3 is 2.72 bits per heavy atom. The predicted octanol–water partition coefficient (Wildman–Crippen LogP) is 2.55. The number of para-hydroxylation sites is 1. The van der Waals surface area contributed by atoms with Gasteiger partial charge in [0.15, 0.2) is 5.75 Å². The van der Waals surface area contributed by atoms with Crippen LogP contribution < -0.4 is 10.5 Å². The minimum absolute atomic E-state index is 0.0107. The highest BCUT2D eigenvalue weighted by Gasteiger charge is 2.31. The van der Waals surface area contributed by atoms with Gasteiger partial charge >= 0.3 is 5.69 Å². The Hall–Kier alpha value is -1.62. The van der Waals surface area contributed by atoms with Gasteiger partial charge in [0.2, 0.25) is 0 Å². The molecule has 1 aromatic rings. The zero-order valence-corrected chi connectivity index (χ0v) is 10.5. The molecule has 0 spiro atoms. The number of nitro benzene ring substituents is 1. The number of nitrogens with zero attached hydrogens (tertiary/aromatic N) is 1. The first-order chi connectivity index (χ1) is 8.52. The van der Waals surface area contributed by atoms with Crippen LogP contribution in [-0.2, 0) is 0 Å². The minimum atomic E-state index is -0.416. The van der Waals surface area contributed by atoms with Gasteiger partial charge in [0, 0.05) is 6.07 Å². The smallest absolute Gasteiger partial charge is 0.311 e. The first kappa shape index (κ1) is 12.8. The van der Waals surface area contributed by atoms with Crippen molar-refractivity contribution in [3.8, 4) is 5.75 Å². The van der Waals surface area contributed by atoms with Crippen LogP contribution in [0.1, 0.15) is 31.2 Å². The number of aryl methyl sites for hydroxylation is 1. The number of nitrogens with two attached hydrogens (primary N) is 1. The summed E-state index contributed by atoms with van der Waals surface area (Å²) in [5.74, 6) is 0.347. The summed E-state index contributed by atoms with van der Waals surface area (Å²) in [6, 6.07) is 4.93. The lowest BCUT2D eigenvalue weighted by molar-refractivity contribution is -0.386. The molecule has 1 fully saturated rings. The van der Waals surface area contributed by atoms with Crippen molar-refractivity contribution in [2.75, 3.05) is 6.61 Å². The largest absolute Gasteiger partial charge is 0.485 e. The van der Waals surface area contributed by atoms with Gasteiger partial charge in [-0.1, -0.05) is 25.0 Å². The lowest BCUT2D eigenvalue weighted by Gasteiger charge is -2.23. The number of hydrogen-bond acceptors (Lipinski definition) is 4. The van der Waals surface area contributed by atoms with Crippen LogP contribution in [-0.4, -0.2) is 17.1 Å². The highest BCUT2D eigenvalue weighted by atomic mass is 16.6. The van der Waals surface area contributed by atoms with Crippen LogP contribution in [0.4, 0.5) is 5.69 Å². The van der Waals surface area contributed by atoms with Crippen molar-refractivity contribution >= 4 is 5.69 Å². The standard InChI is InChI=1S/C13H18N2O3/c1-10-5-4-6-11(15(16)17)12(10)18-9-13(14)7-2-3-8-13/h4-6H,2-3,7-9,14H2,1H3. The zero-order chi connectivity index (χ0) is 13.2. The van der Waals surface area contributed by atoms with E-state index >= 15 is 0 Å². The second kappa shape index (κ2) is 4.94. The Morgan fingerprint density at radius 2 is 2.11 bits per heavy atom. The van der Waals surface area contributed by atoms with E-state index in [9.17, 15) is 10.1 Å². The van der Waals surface area contributed by atoms with Crippen molar-refractivity contribution in [3.05, 3.63) is 33.9 Å². The monoisotopic (exact) mass is 250 g/mol. The van der Waals surface area contributed by atoms with Crippen molar-refractivity contribution in [2.24, 2.45) is 5.73 Å². The maximum atomic E-state index is 10.9. The summed E-state index contributed by atoms with van der Waals surface area (Å²) in [6.07, 6.45) is 4.06. The van der Waals surface area contributed by atoms with Crippen LogP contribution in [0.25, 0.3) is 0 Å². The molecule has 0 bridgehead atoms. The van der Waals surface area contributed by atoms with Gasteiger partial charge in [0.25, 0.3) is 0 Å². The van der Waals surface area contributed by atoms with Crippen LogP contribution >= 0.6 is 0 Å². The van der Waals surface area contributed by atoms with Crippen molar-refractivity contribution in [2.45, 2.75) is 38.1 Å². The van der Waals surface area contributed by atoms with E-state index in [4.69, 9.17) is 10.5 Å². The molecular weight excluding hydrogens is 232 g/mol. The highest BCUT2D eigenvalue weighted by molar-refractivity contribution is 5.51. The quantitative estimate of drug-likeness (QED) is 0.658. The molecule has 0 atom stereocenters. The average molecular weight is 250 g/mol. The summed E-state index contributed by atoms with van der Waals surface area (Å²) >= 11 is 0. The van der Waals surface area contributed by atoms with Gasteiger partial charge in [-0.15, -0.1) is 0 Å². The van der Waals surface area contributed by atoms with Gasteiger partial charge in [-0.2, -0.15) is 0 Å². The Labute approximate surface area is 106 Å². The van der Waals surface area contributed by atoms with Gasteiger partial charge in [0.1, 0.15) is 6.61 Å². The van der Waals surface area contributed by atoms with Crippen molar-refractivity contribution in [3.63, 3.8) is 0 Å². The number of rotatable bonds is 4. The molecule has 0 heterocycles. The number of ether oxygens (including phenoxy) is 1. The Balaban J connectivity index is 2.15. The van der Waals surface area contributed by atoms with E-state index < -0.39 is 4.92 Å². The van der Waals surface area contributed by atoms with E-state index in [1.807, 2.05) is 0 Å². The molecule has 0 radical (unpaired) electrons. The molecule has 18 heavy (non-hydrogen) atoms. The first-order valence-electron chi connectivity index (χ1n) is 6.17. The molecule has 2 rings (SSSR count). The molecule has 1 aliphatic carbocycles. The third-order valence-electron chi connectivity index (χ3n) is 3.49. The molecule has 98 valence electrons. The first-order valence-corrected chi connectivity index (χ1v) is 6.17. The van der Waals surface area contributed by atoms with Crippen molar-refractivity contribution < 1.29 is 9.66 Å². The number of benzene rings is 1. The lowest BCUT2D eigenvalue weighted by Crippen LogP contribution is -2.42. The molecule has 5 heteroatoms. The molecule has 1 saturated carbocycles. The molecule has 0 aliphatic heterocycles. The number of nitro groups is 1. The van der Waals surface area contributed by atoms with E-state index in [0.29, 0.717) is 12.4 Å². The Bertz CT molecular complexity index is 454. The third-order valence-corrected chi connectivity index (χ3v) is 3.49. The molecule has 2 N–H and O–H groups in total. The predicted molar refractivity (Wildman–Crippen MR) is 68.7 cm³/mol. The zero-order valence-electron chi connectivity index (χ0n) is 10.5. The maximum Gasteiger partial charge on any atom is 0.311 e. The van der Waals surface area contributed by atoms with Gasteiger partial charge in [0.05, 0.1) is 10.5 Å². The van der Waals surface area contributed by atoms with Crippen LogP contribution in [0.5, 0.6) is 5.75 Å². The summed E-state index contributed by atoms with van der Waals surface area (Å²) in [5.41, 5.74) is 6.65. The molecular formula is C13H18N2O3. The average Bonchev–Trinajstić information content (AvgIpc) is 2.74. The second-order valence-corrected chi connectivity index (χ2v) is 5.04. The lowest BCUT2D eigenvalue weighted by atomic mass is 10.0. The molecule has 0 amide bonds. The van der Waals surface area contributed by atoms with E-state index in [2.05, 4.69) is 0 Å². The molecule has 0 aromatic heterocycles. The van der Waals surface area contributed by atoms with Crippen molar-refractivity contribution in [1.29, 1.82) is 0 Å². The summed E-state index contributed by atoms with van der Waals surface area (Å²) in [6.45, 7) is 2.15. The number of hydrogen-bond donors (Lipinski definition) is 1. The summed E-state index contributed by atoms with van der Waals surface area (Å²) < 4.78 is 5.65. The molecule has 0 saturated heterocycles. The van der Waals surface area contributed by atoms with Gasteiger partial charge in [-0.25, -0.2) is 0 Å². The van der Waals surface area contributed by atoms with E-state index in [1.54, 1.807) is 19.1 Å². The second-order valence-electron chi connectivity index (χ2n) is 5.04. The van der Waals surface area contributed by atoms with Gasteiger partial charge < -0.3 is 10.5 Å². The maximum absolute atomic E-state index is 10.9. The summed E-state index contributed by atoms with van der Waals surface area (Å²) in [4.78, 5) is 10.5. The normalized spacial score (nSPS) is 17.7. The van der Waals surface area contributed by atoms with Crippen LogP contribution in [0, 0.1) is 17.0 Å². The minimum Gasteiger partial charge on any atom is -0.485 e. The van der Waals surface area contributed by atoms with Crippen molar-refractivity contribution in [1.82, 2.24) is 0 Å². The molecule has 0 unspecified atom stereocenters. The molecule has 5 nitrogen and oxygen atoms in total. The van der Waals surface area contributed by atoms with Crippen LogP contribution in [0.2, 0.25) is 0 Å². The fraction of sp³-hybridized carbons (Fsp3) is 0.538. The summed E-state index contributed by atoms with van der Waals surface area (Å²) in [7, 11) is 0. The topological polar surface area (TPSA) is 78.4 Å². The molecule has 1 aliphatic rings. The van der Waals surface area contributed by atoms with E-state index in [0.717, 1.165) is 31.2 Å². The fourth-order valence-electron chi connectivity index (χ4n) is 2.41. The Kier molecular flexibility index (Phi) is 3.52. The molecule has 1 aromatic carbocycles. The third kappa shape index (κ3) is 2.61. The van der Waals surface area contributed by atoms with Gasteiger partial charge in [-0.3, -0.25) is 10.1 Å². The summed E-state index contributed by atoms with van der Waals surface area (Å²) in [5, 5.41) is 10.9. The SMILES string of the molecule is Cc1cccc([N+](=O)[O-])c1OCC1(N)CCCC1. The van der Waals surface area contributed by atoms with Gasteiger partial charge in [-0.05, 0) is 25.3 Å². The highest BCUT2D eigenvalue weighted by Crippen LogP contribution is 2.33. The van der Waals surface area contributed by atoms with E-state index in [-0.39, 0.29) is 11.2 Å². The van der Waals surface area contributed by atoms with Crippen LogP contribution in [0.3, 0.4) is 0 Å². The van der Waals surface area contributed by atoms with Crippen LogP contribution in [0.15, 0.2) is 18.2 Å². The fourth-order valence-corrected chi connectivity index (χ4v) is 2.41. The van der Waals surface area contributed by atoms with E-state index in [1.165, 1.54) is 6.07 Å².